The maximum atomic E-state index is 12.9. The van der Waals surface area contributed by atoms with Crippen LogP contribution in [0.1, 0.15) is 34.6 Å². The van der Waals surface area contributed by atoms with Crippen molar-refractivity contribution >= 4 is 35.0 Å². The zero-order valence-electron chi connectivity index (χ0n) is 15.6. The first kappa shape index (κ1) is 22.8. The second kappa shape index (κ2) is 8.92. The maximum absolute atomic E-state index is 12.9. The lowest BCUT2D eigenvalue weighted by Gasteiger charge is -2.35. The van der Waals surface area contributed by atoms with Crippen molar-refractivity contribution in [2.75, 3.05) is 7.05 Å². The summed E-state index contributed by atoms with van der Waals surface area (Å²) in [5, 5.41) is 2.47. The fourth-order valence-electron chi connectivity index (χ4n) is 2.61. The number of carbonyl (C=O) groups is 2. The number of benzene rings is 2. The Hall–Kier alpha value is -2.45. The quantitative estimate of drug-likeness (QED) is 0.585. The molecule has 2 rings (SSSR count). The van der Waals surface area contributed by atoms with E-state index in [1.54, 1.807) is 19.9 Å². The third-order valence-corrected chi connectivity index (χ3v) is 4.46. The Morgan fingerprint density at radius 3 is 1.93 bits per heavy atom. The summed E-state index contributed by atoms with van der Waals surface area (Å²) in [5.74, 6) is -1.67. The molecule has 0 aromatic heterocycles. The first-order valence-corrected chi connectivity index (χ1v) is 9.09. The van der Waals surface area contributed by atoms with E-state index in [4.69, 9.17) is 23.2 Å². The Morgan fingerprint density at radius 2 is 1.48 bits per heavy atom. The Bertz CT molecular complexity index is 882. The third kappa shape index (κ3) is 5.55. The van der Waals surface area contributed by atoms with Crippen molar-refractivity contribution in [3.8, 4) is 5.75 Å². The lowest BCUT2D eigenvalue weighted by molar-refractivity contribution is -0.274. The predicted octanol–water partition coefficient (Wildman–Crippen LogP) is 5.43. The highest BCUT2D eigenvalue weighted by Crippen LogP contribution is 2.27. The zero-order valence-corrected chi connectivity index (χ0v) is 17.1. The lowest BCUT2D eigenvalue weighted by Crippen LogP contribution is -2.51. The molecule has 2 amide bonds. The summed E-state index contributed by atoms with van der Waals surface area (Å²) in [5.41, 5.74) is 0.101. The van der Waals surface area contributed by atoms with Crippen LogP contribution in [0.2, 0.25) is 10.0 Å². The summed E-state index contributed by atoms with van der Waals surface area (Å²) >= 11 is 12.2. The van der Waals surface area contributed by atoms with E-state index in [1.165, 1.54) is 31.3 Å². The smallest absolute Gasteiger partial charge is 0.406 e. The summed E-state index contributed by atoms with van der Waals surface area (Å²) in [4.78, 5) is 25.8. The molecular weight excluding hydrogens is 432 g/mol. The molecule has 5 nitrogen and oxygen atoms in total. The number of halogens is 5. The fraction of sp³-hybridized carbons (Fsp3) is 0.263. The van der Waals surface area contributed by atoms with Crippen LogP contribution in [-0.4, -0.2) is 41.3 Å². The van der Waals surface area contributed by atoms with Gasteiger partial charge in [0.25, 0.3) is 11.8 Å². The van der Waals surface area contributed by atoms with Gasteiger partial charge < -0.3 is 4.74 Å². The van der Waals surface area contributed by atoms with E-state index in [1.807, 2.05) is 0 Å². The van der Waals surface area contributed by atoms with Crippen molar-refractivity contribution in [1.29, 1.82) is 0 Å². The van der Waals surface area contributed by atoms with Gasteiger partial charge >= 0.3 is 6.36 Å². The van der Waals surface area contributed by atoms with Gasteiger partial charge in [0.15, 0.2) is 0 Å². The lowest BCUT2D eigenvalue weighted by atomic mass is 10.1. The molecule has 0 saturated carbocycles. The van der Waals surface area contributed by atoms with Gasteiger partial charge in [-0.15, -0.1) is 13.2 Å². The van der Waals surface area contributed by atoms with Crippen LogP contribution in [-0.2, 0) is 0 Å². The molecule has 29 heavy (non-hydrogen) atoms. The molecule has 0 N–H and O–H groups in total. The minimum atomic E-state index is -4.84. The SMILES string of the molecule is CC(C)N(C(=O)c1ccc(OC(F)(F)F)cc1)N(C)C(=O)c1c(Cl)cccc1Cl. The van der Waals surface area contributed by atoms with Crippen molar-refractivity contribution in [2.45, 2.75) is 26.3 Å². The van der Waals surface area contributed by atoms with E-state index in [0.29, 0.717) is 0 Å². The van der Waals surface area contributed by atoms with E-state index in [2.05, 4.69) is 4.74 Å². The van der Waals surface area contributed by atoms with Crippen molar-refractivity contribution in [2.24, 2.45) is 0 Å². The van der Waals surface area contributed by atoms with Crippen LogP contribution >= 0.6 is 23.2 Å². The molecule has 0 radical (unpaired) electrons. The van der Waals surface area contributed by atoms with E-state index < -0.39 is 30.0 Å². The van der Waals surface area contributed by atoms with Gasteiger partial charge in [-0.3, -0.25) is 9.59 Å². The Kier molecular flexibility index (Phi) is 7.02. The minimum absolute atomic E-state index is 0.0331. The number of rotatable bonds is 4. The summed E-state index contributed by atoms with van der Waals surface area (Å²) < 4.78 is 40.7. The number of hydrogen-bond acceptors (Lipinski definition) is 3. The fourth-order valence-corrected chi connectivity index (χ4v) is 3.17. The Labute approximate surface area is 175 Å². The Morgan fingerprint density at radius 1 is 0.966 bits per heavy atom. The normalized spacial score (nSPS) is 11.3. The van der Waals surface area contributed by atoms with Crippen LogP contribution < -0.4 is 4.74 Å². The van der Waals surface area contributed by atoms with E-state index >= 15 is 0 Å². The molecule has 10 heteroatoms. The van der Waals surface area contributed by atoms with Crippen LogP contribution in [0.4, 0.5) is 13.2 Å². The second-order valence-electron chi connectivity index (χ2n) is 6.24. The zero-order chi connectivity index (χ0) is 21.9. The molecule has 0 fully saturated rings. The van der Waals surface area contributed by atoms with Gasteiger partial charge in [-0.2, -0.15) is 0 Å². The van der Waals surface area contributed by atoms with Crippen LogP contribution in [0.15, 0.2) is 42.5 Å². The molecule has 0 atom stereocenters. The van der Waals surface area contributed by atoms with Crippen LogP contribution in [0.25, 0.3) is 0 Å². The van der Waals surface area contributed by atoms with Gasteiger partial charge in [-0.25, -0.2) is 10.0 Å². The average Bonchev–Trinajstić information content (AvgIpc) is 2.60. The third-order valence-electron chi connectivity index (χ3n) is 3.83. The van der Waals surface area contributed by atoms with Crippen LogP contribution in [0, 0.1) is 0 Å². The molecule has 0 aliphatic heterocycles. The first-order chi connectivity index (χ1) is 13.4. The topological polar surface area (TPSA) is 49.9 Å². The van der Waals surface area contributed by atoms with Gasteiger partial charge in [0.05, 0.1) is 15.6 Å². The summed E-state index contributed by atoms with van der Waals surface area (Å²) in [6, 6.07) is 8.52. The molecule has 0 heterocycles. The van der Waals surface area contributed by atoms with Gasteiger partial charge in [0, 0.05) is 18.7 Å². The number of alkyl halides is 3. The molecule has 0 spiro atoms. The second-order valence-corrected chi connectivity index (χ2v) is 7.06. The van der Waals surface area contributed by atoms with Gasteiger partial charge in [0.1, 0.15) is 5.75 Å². The van der Waals surface area contributed by atoms with Gasteiger partial charge in [-0.1, -0.05) is 29.3 Å². The number of carbonyl (C=O) groups excluding carboxylic acids is 2. The number of hydrogen-bond donors (Lipinski definition) is 0. The van der Waals surface area contributed by atoms with Crippen LogP contribution in [0.5, 0.6) is 5.75 Å². The molecule has 0 aliphatic rings. The van der Waals surface area contributed by atoms with E-state index in [0.717, 1.165) is 22.2 Å². The maximum Gasteiger partial charge on any atom is 0.573 e. The van der Waals surface area contributed by atoms with Crippen molar-refractivity contribution in [3.63, 3.8) is 0 Å². The molecule has 0 aliphatic carbocycles. The standard InChI is InChI=1S/C19H17Cl2F3N2O3/c1-11(2)26(25(3)18(28)16-14(20)5-4-6-15(16)21)17(27)12-7-9-13(10-8-12)29-19(22,23)24/h4-11H,1-3H3. The summed E-state index contributed by atoms with van der Waals surface area (Å²) in [7, 11) is 1.38. The van der Waals surface area contributed by atoms with Crippen molar-refractivity contribution < 1.29 is 27.5 Å². The number of ether oxygens (including phenoxy) is 1. The summed E-state index contributed by atoms with van der Waals surface area (Å²) in [6.45, 7) is 3.36. The Balaban J connectivity index is 2.31. The summed E-state index contributed by atoms with van der Waals surface area (Å²) in [6.07, 6.45) is -4.84. The van der Waals surface area contributed by atoms with E-state index in [9.17, 15) is 22.8 Å². The predicted molar refractivity (Wildman–Crippen MR) is 103 cm³/mol. The van der Waals surface area contributed by atoms with E-state index in [-0.39, 0.29) is 21.2 Å². The number of amides is 2. The van der Waals surface area contributed by atoms with Gasteiger partial charge in [-0.05, 0) is 50.2 Å². The molecule has 2 aromatic rings. The number of hydrazine groups is 1. The van der Waals surface area contributed by atoms with Crippen molar-refractivity contribution in [1.82, 2.24) is 10.0 Å². The van der Waals surface area contributed by atoms with Gasteiger partial charge in [0.2, 0.25) is 0 Å². The highest BCUT2D eigenvalue weighted by molar-refractivity contribution is 6.39. The molecular formula is C19H17Cl2F3N2O3. The largest absolute Gasteiger partial charge is 0.573 e. The molecule has 2 aromatic carbocycles. The first-order valence-electron chi connectivity index (χ1n) is 8.33. The molecule has 0 bridgehead atoms. The minimum Gasteiger partial charge on any atom is -0.406 e. The molecule has 0 unspecified atom stereocenters. The highest BCUT2D eigenvalue weighted by atomic mass is 35.5. The number of nitrogens with zero attached hydrogens (tertiary/aromatic N) is 2. The highest BCUT2D eigenvalue weighted by Gasteiger charge is 2.32. The molecule has 0 saturated heterocycles. The monoisotopic (exact) mass is 448 g/mol. The molecule has 156 valence electrons. The average molecular weight is 449 g/mol. The van der Waals surface area contributed by atoms with Crippen molar-refractivity contribution in [3.05, 3.63) is 63.6 Å². The van der Waals surface area contributed by atoms with Crippen LogP contribution in [0.3, 0.4) is 0 Å².